The third-order valence-electron chi connectivity index (χ3n) is 2.17. The van der Waals surface area contributed by atoms with Crippen LogP contribution in [0.1, 0.15) is 11.5 Å². The van der Waals surface area contributed by atoms with E-state index in [0.29, 0.717) is 11.6 Å². The van der Waals surface area contributed by atoms with E-state index >= 15 is 0 Å². The van der Waals surface area contributed by atoms with Gasteiger partial charge in [-0.15, -0.1) is 0 Å². The Bertz CT molecular complexity index is 557. The standard InChI is InChI=1S/C12H11BrFN3O/c1-7-4-11(15)17-12(16-7)6-18-10-5-8(13)2-3-9(10)14/h2-5H,6H2,1H3,(H2,15,16,17). The molecule has 0 spiro atoms. The normalized spacial score (nSPS) is 10.4. The Hall–Kier alpha value is -1.69. The highest BCUT2D eigenvalue weighted by atomic mass is 79.9. The van der Waals surface area contributed by atoms with Crippen molar-refractivity contribution in [3.8, 4) is 5.75 Å². The summed E-state index contributed by atoms with van der Waals surface area (Å²) in [6.07, 6.45) is 0. The predicted octanol–water partition coefficient (Wildman–Crippen LogP) is 2.85. The van der Waals surface area contributed by atoms with E-state index in [1.54, 1.807) is 25.1 Å². The number of nitrogen functional groups attached to an aromatic ring is 1. The van der Waals surface area contributed by atoms with Gasteiger partial charge in [0.15, 0.2) is 17.4 Å². The van der Waals surface area contributed by atoms with E-state index in [2.05, 4.69) is 25.9 Å². The lowest BCUT2D eigenvalue weighted by atomic mass is 10.3. The number of nitrogens with two attached hydrogens (primary N) is 1. The maximum atomic E-state index is 13.4. The van der Waals surface area contributed by atoms with Crippen molar-refractivity contribution >= 4 is 21.7 Å². The zero-order valence-corrected chi connectivity index (χ0v) is 11.2. The van der Waals surface area contributed by atoms with Gasteiger partial charge in [-0.25, -0.2) is 14.4 Å². The fourth-order valence-electron chi connectivity index (χ4n) is 1.45. The summed E-state index contributed by atoms with van der Waals surface area (Å²) in [6.45, 7) is 1.88. The molecule has 0 unspecified atom stereocenters. The van der Waals surface area contributed by atoms with Crippen molar-refractivity contribution in [1.82, 2.24) is 9.97 Å². The van der Waals surface area contributed by atoms with E-state index in [9.17, 15) is 4.39 Å². The molecule has 2 rings (SSSR count). The van der Waals surface area contributed by atoms with Gasteiger partial charge >= 0.3 is 0 Å². The Morgan fingerprint density at radius 2 is 2.11 bits per heavy atom. The summed E-state index contributed by atoms with van der Waals surface area (Å²) < 4.78 is 19.5. The van der Waals surface area contributed by atoms with Crippen molar-refractivity contribution in [3.05, 3.63) is 46.1 Å². The minimum Gasteiger partial charge on any atom is -0.482 e. The van der Waals surface area contributed by atoms with E-state index in [1.165, 1.54) is 6.07 Å². The first-order valence-electron chi connectivity index (χ1n) is 5.22. The first-order valence-corrected chi connectivity index (χ1v) is 6.02. The monoisotopic (exact) mass is 311 g/mol. The summed E-state index contributed by atoms with van der Waals surface area (Å²) in [5, 5.41) is 0. The SMILES string of the molecule is Cc1cc(N)nc(COc2cc(Br)ccc2F)n1. The van der Waals surface area contributed by atoms with Crippen molar-refractivity contribution in [2.75, 3.05) is 5.73 Å². The number of ether oxygens (including phenoxy) is 1. The number of hydrogen-bond donors (Lipinski definition) is 1. The average Bonchev–Trinajstić information content (AvgIpc) is 2.29. The maximum Gasteiger partial charge on any atom is 0.168 e. The minimum absolute atomic E-state index is 0.0687. The quantitative estimate of drug-likeness (QED) is 0.947. The van der Waals surface area contributed by atoms with Crippen LogP contribution >= 0.6 is 15.9 Å². The molecule has 0 aliphatic heterocycles. The van der Waals surface area contributed by atoms with Gasteiger partial charge in [-0.1, -0.05) is 15.9 Å². The second-order valence-electron chi connectivity index (χ2n) is 3.71. The van der Waals surface area contributed by atoms with Gasteiger partial charge in [-0.3, -0.25) is 0 Å². The Morgan fingerprint density at radius 1 is 1.33 bits per heavy atom. The maximum absolute atomic E-state index is 13.4. The molecule has 6 heteroatoms. The fraction of sp³-hybridized carbons (Fsp3) is 0.167. The Labute approximate surface area is 112 Å². The van der Waals surface area contributed by atoms with Crippen LogP contribution in [0.25, 0.3) is 0 Å². The van der Waals surface area contributed by atoms with Crippen LogP contribution in [0.5, 0.6) is 5.75 Å². The molecule has 0 atom stereocenters. The number of aromatic nitrogens is 2. The van der Waals surface area contributed by atoms with Crippen molar-refractivity contribution in [2.45, 2.75) is 13.5 Å². The number of hydrogen-bond acceptors (Lipinski definition) is 4. The second-order valence-corrected chi connectivity index (χ2v) is 4.63. The molecule has 0 radical (unpaired) electrons. The van der Waals surface area contributed by atoms with Gasteiger partial charge in [0, 0.05) is 16.2 Å². The second kappa shape index (κ2) is 5.30. The highest BCUT2D eigenvalue weighted by molar-refractivity contribution is 9.10. The van der Waals surface area contributed by atoms with E-state index in [0.717, 1.165) is 10.2 Å². The summed E-state index contributed by atoms with van der Waals surface area (Å²) in [6, 6.07) is 6.13. The number of benzene rings is 1. The summed E-state index contributed by atoms with van der Waals surface area (Å²) in [5.41, 5.74) is 6.34. The fourth-order valence-corrected chi connectivity index (χ4v) is 1.79. The topological polar surface area (TPSA) is 61.0 Å². The van der Waals surface area contributed by atoms with Crippen LogP contribution < -0.4 is 10.5 Å². The first kappa shape index (κ1) is 12.8. The summed E-state index contributed by atoms with van der Waals surface area (Å²) in [7, 11) is 0. The molecule has 1 heterocycles. The molecule has 0 bridgehead atoms. The van der Waals surface area contributed by atoms with Gasteiger partial charge in [0.1, 0.15) is 12.4 Å². The molecule has 0 aliphatic carbocycles. The van der Waals surface area contributed by atoms with Gasteiger partial charge in [0.2, 0.25) is 0 Å². The zero-order valence-electron chi connectivity index (χ0n) is 9.65. The van der Waals surface area contributed by atoms with Crippen LogP contribution in [0.15, 0.2) is 28.7 Å². The highest BCUT2D eigenvalue weighted by Gasteiger charge is 2.06. The lowest BCUT2D eigenvalue weighted by Gasteiger charge is -2.07. The molecule has 0 fully saturated rings. The van der Waals surface area contributed by atoms with Crippen LogP contribution in [-0.4, -0.2) is 9.97 Å². The molecule has 0 saturated heterocycles. The first-order chi connectivity index (χ1) is 8.54. The van der Waals surface area contributed by atoms with Crippen LogP contribution in [-0.2, 0) is 6.61 Å². The Morgan fingerprint density at radius 3 is 2.83 bits per heavy atom. The molecule has 1 aromatic carbocycles. The van der Waals surface area contributed by atoms with Crippen LogP contribution in [0.2, 0.25) is 0 Å². The molecule has 0 amide bonds. The van der Waals surface area contributed by atoms with Crippen molar-refractivity contribution in [3.63, 3.8) is 0 Å². The summed E-state index contributed by atoms with van der Waals surface area (Å²) in [4.78, 5) is 8.16. The molecule has 1 aromatic heterocycles. The van der Waals surface area contributed by atoms with Gasteiger partial charge in [-0.2, -0.15) is 0 Å². The van der Waals surface area contributed by atoms with Crippen LogP contribution in [0.3, 0.4) is 0 Å². The Kier molecular flexibility index (Phi) is 3.76. The average molecular weight is 312 g/mol. The number of anilines is 1. The van der Waals surface area contributed by atoms with E-state index in [-0.39, 0.29) is 12.4 Å². The molecule has 4 nitrogen and oxygen atoms in total. The number of rotatable bonds is 3. The number of aryl methyl sites for hydroxylation is 1. The van der Waals surface area contributed by atoms with E-state index < -0.39 is 5.82 Å². The zero-order chi connectivity index (χ0) is 13.1. The third-order valence-corrected chi connectivity index (χ3v) is 2.66. The molecule has 2 N–H and O–H groups in total. The molecular formula is C12H11BrFN3O. The third kappa shape index (κ3) is 3.16. The summed E-state index contributed by atoms with van der Waals surface area (Å²) >= 11 is 3.25. The Balaban J connectivity index is 2.13. The molecule has 0 saturated carbocycles. The molecule has 2 aromatic rings. The van der Waals surface area contributed by atoms with Gasteiger partial charge in [0.25, 0.3) is 0 Å². The molecule has 0 aliphatic rings. The van der Waals surface area contributed by atoms with E-state index in [4.69, 9.17) is 10.5 Å². The van der Waals surface area contributed by atoms with Crippen molar-refractivity contribution in [2.24, 2.45) is 0 Å². The lowest BCUT2D eigenvalue weighted by Crippen LogP contribution is -2.05. The minimum atomic E-state index is -0.432. The number of halogens is 2. The van der Waals surface area contributed by atoms with Crippen molar-refractivity contribution < 1.29 is 9.13 Å². The smallest absolute Gasteiger partial charge is 0.168 e. The lowest BCUT2D eigenvalue weighted by molar-refractivity contribution is 0.280. The van der Waals surface area contributed by atoms with Gasteiger partial charge in [0.05, 0.1) is 0 Å². The molecular weight excluding hydrogens is 301 g/mol. The number of nitrogens with zero attached hydrogens (tertiary/aromatic N) is 2. The largest absolute Gasteiger partial charge is 0.482 e. The summed E-state index contributed by atoms with van der Waals surface area (Å²) in [5.74, 6) is 0.509. The highest BCUT2D eigenvalue weighted by Crippen LogP contribution is 2.22. The molecule has 18 heavy (non-hydrogen) atoms. The van der Waals surface area contributed by atoms with Gasteiger partial charge in [-0.05, 0) is 25.1 Å². The van der Waals surface area contributed by atoms with Crippen LogP contribution in [0, 0.1) is 12.7 Å². The van der Waals surface area contributed by atoms with Crippen molar-refractivity contribution in [1.29, 1.82) is 0 Å². The van der Waals surface area contributed by atoms with E-state index in [1.807, 2.05) is 0 Å². The van der Waals surface area contributed by atoms with Gasteiger partial charge < -0.3 is 10.5 Å². The van der Waals surface area contributed by atoms with Crippen LogP contribution in [0.4, 0.5) is 10.2 Å². The molecule has 94 valence electrons. The predicted molar refractivity (Wildman–Crippen MR) is 69.6 cm³/mol.